The van der Waals surface area contributed by atoms with Crippen LogP contribution in [0.4, 0.5) is 17.1 Å². The number of rotatable bonds is 3. The normalized spacial score (nSPS) is 26.6. The van der Waals surface area contributed by atoms with Crippen molar-refractivity contribution in [1.82, 2.24) is 0 Å². The summed E-state index contributed by atoms with van der Waals surface area (Å²) in [4.78, 5) is 2.55. The summed E-state index contributed by atoms with van der Waals surface area (Å²) in [6, 6.07) is 43.9. The van der Waals surface area contributed by atoms with Crippen LogP contribution in [-0.4, -0.2) is 0 Å². The molecule has 5 aromatic rings. The van der Waals surface area contributed by atoms with Crippen molar-refractivity contribution in [2.75, 3.05) is 4.90 Å². The van der Waals surface area contributed by atoms with Crippen LogP contribution in [0.15, 0.2) is 115 Å². The third kappa shape index (κ3) is 3.67. The molecule has 2 fully saturated rings. The highest BCUT2D eigenvalue weighted by Gasteiger charge is 2.57. The fourth-order valence-electron chi connectivity index (χ4n) is 10.8. The molecule has 1 heteroatoms. The highest BCUT2D eigenvalue weighted by atomic mass is 15.1. The van der Waals surface area contributed by atoms with Crippen LogP contribution >= 0.6 is 0 Å². The molecule has 224 valence electrons. The van der Waals surface area contributed by atoms with Gasteiger partial charge in [0.2, 0.25) is 0 Å². The van der Waals surface area contributed by atoms with Crippen molar-refractivity contribution in [1.29, 1.82) is 0 Å². The lowest BCUT2D eigenvalue weighted by atomic mass is 9.49. The van der Waals surface area contributed by atoms with Gasteiger partial charge in [-0.2, -0.15) is 0 Å². The summed E-state index contributed by atoms with van der Waals surface area (Å²) in [6.45, 7) is 9.85. The van der Waals surface area contributed by atoms with Crippen LogP contribution in [0.5, 0.6) is 0 Å². The monoisotopic (exact) mass is 585 g/mol. The standard InChI is InChI=1S/C44H43N/c1-28-23-30-25-29(2)44(31(24-28)26-30)38-18-11-9-16-36(38)42-39(44)19-12-20-41(42)45(32-13-6-5-7-14-32)33-21-22-35-34-15-8-10-17-37(34)43(3,4)40(35)27-33/h5-22,27-31H,23-26H2,1-4H3/t28-,29+,30-,31-,44?/m0/s1. The Morgan fingerprint density at radius 1 is 0.556 bits per heavy atom. The highest BCUT2D eigenvalue weighted by Crippen LogP contribution is 2.66. The molecule has 0 amide bonds. The van der Waals surface area contributed by atoms with Gasteiger partial charge in [0.25, 0.3) is 0 Å². The van der Waals surface area contributed by atoms with Gasteiger partial charge in [-0.15, -0.1) is 0 Å². The number of hydrogen-bond donors (Lipinski definition) is 0. The van der Waals surface area contributed by atoms with Crippen molar-refractivity contribution in [3.8, 4) is 22.3 Å². The molecule has 9 rings (SSSR count). The first kappa shape index (κ1) is 27.2. The smallest absolute Gasteiger partial charge is 0.0543 e. The van der Waals surface area contributed by atoms with Gasteiger partial charge < -0.3 is 4.90 Å². The second-order valence-corrected chi connectivity index (χ2v) is 15.2. The molecule has 1 unspecified atom stereocenters. The van der Waals surface area contributed by atoms with Gasteiger partial charge in [-0.3, -0.25) is 0 Å². The van der Waals surface area contributed by atoms with Crippen molar-refractivity contribution >= 4 is 17.1 Å². The van der Waals surface area contributed by atoms with Crippen LogP contribution in [-0.2, 0) is 10.8 Å². The average molecular weight is 586 g/mol. The Labute approximate surface area is 269 Å². The number of benzene rings is 5. The lowest BCUT2D eigenvalue weighted by Gasteiger charge is -2.54. The zero-order valence-electron chi connectivity index (χ0n) is 27.1. The number of para-hydroxylation sites is 1. The Morgan fingerprint density at radius 2 is 1.24 bits per heavy atom. The quantitative estimate of drug-likeness (QED) is 0.204. The second-order valence-electron chi connectivity index (χ2n) is 15.2. The van der Waals surface area contributed by atoms with Gasteiger partial charge in [-0.25, -0.2) is 0 Å². The molecule has 0 radical (unpaired) electrons. The average Bonchev–Trinajstić information content (AvgIpc) is 3.48. The van der Waals surface area contributed by atoms with E-state index in [0.29, 0.717) is 11.8 Å². The lowest BCUT2D eigenvalue weighted by molar-refractivity contribution is 0.0426. The minimum Gasteiger partial charge on any atom is -0.310 e. The van der Waals surface area contributed by atoms with E-state index in [1.165, 1.54) is 76.1 Å². The van der Waals surface area contributed by atoms with Crippen molar-refractivity contribution in [3.63, 3.8) is 0 Å². The van der Waals surface area contributed by atoms with E-state index in [1.807, 2.05) is 0 Å². The Balaban J connectivity index is 1.29. The molecule has 4 aliphatic rings. The molecule has 0 saturated heterocycles. The summed E-state index contributed by atoms with van der Waals surface area (Å²) in [5, 5.41) is 0. The number of anilines is 3. The van der Waals surface area contributed by atoms with E-state index in [-0.39, 0.29) is 10.8 Å². The van der Waals surface area contributed by atoms with Gasteiger partial charge in [0.15, 0.2) is 0 Å². The Bertz CT molecular complexity index is 1950. The van der Waals surface area contributed by atoms with Crippen molar-refractivity contribution < 1.29 is 0 Å². The SMILES string of the molecule is C[C@H]1C[C@@H]2C[C@H](C1)C1(c3ccccc3-c3c(N(c4ccccc4)c4ccc5c(c4)C(C)(C)c4ccccc4-5)cccc31)[C@H](C)C2. The molecule has 1 nitrogen and oxygen atoms in total. The molecule has 2 bridgehead atoms. The maximum absolute atomic E-state index is 2.57. The van der Waals surface area contributed by atoms with E-state index < -0.39 is 0 Å². The van der Waals surface area contributed by atoms with E-state index in [4.69, 9.17) is 0 Å². The van der Waals surface area contributed by atoms with E-state index >= 15 is 0 Å². The van der Waals surface area contributed by atoms with Crippen LogP contribution < -0.4 is 4.90 Å². The van der Waals surface area contributed by atoms with E-state index in [2.05, 4.69) is 148 Å². The third-order valence-corrected chi connectivity index (χ3v) is 12.4. The van der Waals surface area contributed by atoms with Gasteiger partial charge in [-0.1, -0.05) is 113 Å². The summed E-state index contributed by atoms with van der Waals surface area (Å²) in [7, 11) is 0. The van der Waals surface area contributed by atoms with Crippen LogP contribution in [0.2, 0.25) is 0 Å². The maximum atomic E-state index is 2.57. The van der Waals surface area contributed by atoms with Crippen molar-refractivity contribution in [3.05, 3.63) is 138 Å². The minimum atomic E-state index is -0.0503. The maximum Gasteiger partial charge on any atom is 0.0543 e. The van der Waals surface area contributed by atoms with Gasteiger partial charge in [0.1, 0.15) is 0 Å². The summed E-state index contributed by atoms with van der Waals surface area (Å²) in [5.74, 6) is 2.99. The molecule has 0 N–H and O–H groups in total. The topological polar surface area (TPSA) is 3.24 Å². The lowest BCUT2D eigenvalue weighted by Crippen LogP contribution is -2.49. The fourth-order valence-corrected chi connectivity index (χ4v) is 10.8. The van der Waals surface area contributed by atoms with Crippen LogP contribution in [0.1, 0.15) is 75.6 Å². The number of fused-ring (bicyclic) bond motifs is 11. The summed E-state index contributed by atoms with van der Waals surface area (Å²) < 4.78 is 0. The molecule has 45 heavy (non-hydrogen) atoms. The van der Waals surface area contributed by atoms with E-state index in [0.717, 1.165) is 11.8 Å². The molecule has 4 aliphatic carbocycles. The zero-order chi connectivity index (χ0) is 30.5. The van der Waals surface area contributed by atoms with E-state index in [1.54, 1.807) is 11.1 Å². The Kier molecular flexibility index (Phi) is 5.87. The first-order chi connectivity index (χ1) is 21.9. The summed E-state index contributed by atoms with van der Waals surface area (Å²) >= 11 is 0. The van der Waals surface area contributed by atoms with Crippen molar-refractivity contribution in [2.45, 2.75) is 64.2 Å². The largest absolute Gasteiger partial charge is 0.310 e. The van der Waals surface area contributed by atoms with Gasteiger partial charge >= 0.3 is 0 Å². The molecule has 0 aromatic heterocycles. The first-order valence-corrected chi connectivity index (χ1v) is 17.2. The predicted octanol–water partition coefficient (Wildman–Crippen LogP) is 11.8. The molecule has 1 spiro atoms. The fraction of sp³-hybridized carbons (Fsp3) is 0.318. The second kappa shape index (κ2) is 9.70. The summed E-state index contributed by atoms with van der Waals surface area (Å²) in [6.07, 6.45) is 5.45. The Morgan fingerprint density at radius 3 is 2.07 bits per heavy atom. The van der Waals surface area contributed by atoms with Gasteiger partial charge in [-0.05, 0) is 119 Å². The molecule has 0 heterocycles. The van der Waals surface area contributed by atoms with Gasteiger partial charge in [0.05, 0.1) is 5.69 Å². The molecule has 0 aliphatic heterocycles. The molecular formula is C44H43N. The molecule has 5 aromatic carbocycles. The highest BCUT2D eigenvalue weighted by molar-refractivity contribution is 5.96. The number of nitrogens with zero attached hydrogens (tertiary/aromatic N) is 1. The summed E-state index contributed by atoms with van der Waals surface area (Å²) in [5.41, 5.74) is 15.4. The minimum absolute atomic E-state index is 0.0503. The zero-order valence-corrected chi connectivity index (χ0v) is 27.1. The Hall–Kier alpha value is -4.10. The molecule has 5 atom stereocenters. The molecular weight excluding hydrogens is 542 g/mol. The van der Waals surface area contributed by atoms with E-state index in [9.17, 15) is 0 Å². The predicted molar refractivity (Wildman–Crippen MR) is 189 cm³/mol. The van der Waals surface area contributed by atoms with Gasteiger partial charge in [0, 0.05) is 27.8 Å². The number of hydrogen-bond acceptors (Lipinski definition) is 1. The first-order valence-electron chi connectivity index (χ1n) is 17.2. The molecule has 2 saturated carbocycles. The third-order valence-electron chi connectivity index (χ3n) is 12.4. The van der Waals surface area contributed by atoms with Crippen LogP contribution in [0.3, 0.4) is 0 Å². The van der Waals surface area contributed by atoms with Crippen LogP contribution in [0, 0.1) is 23.7 Å². The van der Waals surface area contributed by atoms with Crippen molar-refractivity contribution in [2.24, 2.45) is 23.7 Å². The van der Waals surface area contributed by atoms with Crippen LogP contribution in [0.25, 0.3) is 22.3 Å².